The summed E-state index contributed by atoms with van der Waals surface area (Å²) in [7, 11) is 1.54. The highest BCUT2D eigenvalue weighted by Gasteiger charge is 2.35. The van der Waals surface area contributed by atoms with Gasteiger partial charge in [-0.25, -0.2) is 9.37 Å². The van der Waals surface area contributed by atoms with Gasteiger partial charge in [0.05, 0.1) is 37.6 Å². The molecule has 0 bridgehead atoms. The maximum atomic E-state index is 15.0. The minimum Gasteiger partial charge on any atom is -0.480 e. The van der Waals surface area contributed by atoms with Crippen molar-refractivity contribution in [2.75, 3.05) is 50.2 Å². The van der Waals surface area contributed by atoms with Gasteiger partial charge in [0.2, 0.25) is 5.88 Å². The van der Waals surface area contributed by atoms with E-state index in [1.54, 1.807) is 21.0 Å². The van der Waals surface area contributed by atoms with Crippen LogP contribution in [0, 0.1) is 12.7 Å². The predicted molar refractivity (Wildman–Crippen MR) is 121 cm³/mol. The number of halogens is 3. The molecule has 0 aliphatic carbocycles. The summed E-state index contributed by atoms with van der Waals surface area (Å²) in [4.78, 5) is 6.73. The second kappa shape index (κ2) is 9.59. The van der Waals surface area contributed by atoms with Gasteiger partial charge in [0.15, 0.2) is 5.82 Å². The van der Waals surface area contributed by atoms with Gasteiger partial charge in [-0.15, -0.1) is 5.10 Å². The Bertz CT molecular complexity index is 1190. The Labute approximate surface area is 194 Å². The van der Waals surface area contributed by atoms with Gasteiger partial charge in [0, 0.05) is 24.0 Å². The molecule has 1 fully saturated rings. The smallest absolute Gasteiger partial charge is 0.298 e. The molecule has 1 atom stereocenters. The first-order valence-electron chi connectivity index (χ1n) is 10.9. The second-order valence-electron chi connectivity index (χ2n) is 8.08. The van der Waals surface area contributed by atoms with Crippen molar-refractivity contribution in [1.82, 2.24) is 15.2 Å². The van der Waals surface area contributed by atoms with Crippen molar-refractivity contribution in [1.29, 1.82) is 0 Å². The molecular formula is C23H26F3N5O3. The van der Waals surface area contributed by atoms with Gasteiger partial charge in [0.1, 0.15) is 23.6 Å². The maximum absolute atomic E-state index is 15.0. The van der Waals surface area contributed by atoms with Crippen LogP contribution in [-0.2, 0) is 10.7 Å². The van der Waals surface area contributed by atoms with E-state index in [1.807, 2.05) is 6.07 Å². The summed E-state index contributed by atoms with van der Waals surface area (Å²) < 4.78 is 53.9. The molecule has 2 N–H and O–H groups in total. The topological polar surface area (TPSA) is 92.6 Å². The summed E-state index contributed by atoms with van der Waals surface area (Å²) in [5.41, 5.74) is 1.05. The fourth-order valence-electron chi connectivity index (χ4n) is 3.99. The lowest BCUT2D eigenvalue weighted by Gasteiger charge is -2.30. The average molecular weight is 477 g/mol. The summed E-state index contributed by atoms with van der Waals surface area (Å²) in [6.45, 7) is 4.39. The van der Waals surface area contributed by atoms with Gasteiger partial charge >= 0.3 is 0 Å². The second-order valence-corrected chi connectivity index (χ2v) is 8.08. The highest BCUT2D eigenvalue weighted by molar-refractivity contribution is 5.93. The van der Waals surface area contributed by atoms with E-state index >= 15 is 0 Å². The van der Waals surface area contributed by atoms with Crippen LogP contribution >= 0.6 is 0 Å². The lowest BCUT2D eigenvalue weighted by molar-refractivity contribution is -0.0583. The van der Waals surface area contributed by atoms with E-state index in [-0.39, 0.29) is 5.56 Å². The van der Waals surface area contributed by atoms with E-state index in [2.05, 4.69) is 25.4 Å². The Kier molecular flexibility index (Phi) is 6.76. The number of ether oxygens (including phenoxy) is 2. The van der Waals surface area contributed by atoms with Crippen molar-refractivity contribution in [2.45, 2.75) is 25.8 Å². The number of anilines is 2. The van der Waals surface area contributed by atoms with Crippen LogP contribution in [0.15, 0.2) is 24.3 Å². The number of alkyl halides is 2. The summed E-state index contributed by atoms with van der Waals surface area (Å²) in [6, 6.07) is 4.86. The van der Waals surface area contributed by atoms with E-state index < -0.39 is 30.0 Å². The van der Waals surface area contributed by atoms with Crippen LogP contribution in [0.25, 0.3) is 10.9 Å². The molecule has 8 nitrogen and oxygen atoms in total. The Hall–Kier alpha value is -3.18. The normalized spacial score (nSPS) is 15.4. The number of morpholine rings is 1. The molecule has 1 saturated heterocycles. The zero-order valence-corrected chi connectivity index (χ0v) is 19.1. The number of hydrogen-bond acceptors (Lipinski definition) is 8. The lowest BCUT2D eigenvalue weighted by Crippen LogP contribution is -2.36. The van der Waals surface area contributed by atoms with Gasteiger partial charge in [0.25, 0.3) is 5.92 Å². The number of pyridine rings is 1. The van der Waals surface area contributed by atoms with Crippen molar-refractivity contribution in [3.05, 3.63) is 46.9 Å². The molecule has 3 aromatic rings. The number of rotatable bonds is 7. The van der Waals surface area contributed by atoms with Crippen LogP contribution in [0.2, 0.25) is 0 Å². The molecule has 1 aromatic carbocycles. The minimum atomic E-state index is -3.69. The molecule has 3 heterocycles. The van der Waals surface area contributed by atoms with Crippen LogP contribution in [0.5, 0.6) is 5.88 Å². The van der Waals surface area contributed by atoms with Crippen molar-refractivity contribution < 1.29 is 27.8 Å². The molecule has 1 aliphatic heterocycles. The van der Waals surface area contributed by atoms with E-state index in [1.165, 1.54) is 12.1 Å². The van der Waals surface area contributed by atoms with Crippen LogP contribution in [0.1, 0.15) is 29.8 Å². The predicted octanol–water partition coefficient (Wildman–Crippen LogP) is 3.57. The number of aromatic nitrogens is 3. The minimum absolute atomic E-state index is 0.0102. The third kappa shape index (κ3) is 4.45. The maximum Gasteiger partial charge on any atom is 0.298 e. The van der Waals surface area contributed by atoms with Gasteiger partial charge in [-0.2, -0.15) is 13.9 Å². The summed E-state index contributed by atoms with van der Waals surface area (Å²) in [5, 5.41) is 21.1. The molecule has 0 spiro atoms. The van der Waals surface area contributed by atoms with Crippen LogP contribution < -0.4 is 15.0 Å². The molecule has 0 unspecified atom stereocenters. The molecular weight excluding hydrogens is 451 g/mol. The number of nitrogens with one attached hydrogen (secondary N) is 1. The Morgan fingerprint density at radius 3 is 2.68 bits per heavy atom. The number of aliphatic hydroxyl groups excluding tert-OH is 1. The van der Waals surface area contributed by atoms with Gasteiger partial charge < -0.3 is 24.8 Å². The molecule has 0 amide bonds. The standard InChI is InChI=1S/C23H26F3N5O3/c1-13(15-5-4-6-17(19(15)24)23(25,26)12-32)27-21-16-11-18(31-7-9-34-10-8-31)22(33-3)28-20(16)14(2)29-30-21/h4-6,11,13,32H,7-10,12H2,1-3H3,(H,27,30)/t13-/m1/s1. The summed E-state index contributed by atoms with van der Waals surface area (Å²) in [6.07, 6.45) is 0. The van der Waals surface area contributed by atoms with Crippen molar-refractivity contribution >= 4 is 22.4 Å². The summed E-state index contributed by atoms with van der Waals surface area (Å²) in [5.74, 6) is -4.00. The number of aryl methyl sites for hydroxylation is 1. The first-order chi connectivity index (χ1) is 16.3. The highest BCUT2D eigenvalue weighted by atomic mass is 19.3. The molecule has 0 saturated carbocycles. The van der Waals surface area contributed by atoms with Crippen molar-refractivity contribution in [2.24, 2.45) is 0 Å². The van der Waals surface area contributed by atoms with E-state index in [9.17, 15) is 13.2 Å². The molecule has 182 valence electrons. The van der Waals surface area contributed by atoms with Gasteiger partial charge in [-0.1, -0.05) is 12.1 Å². The quantitative estimate of drug-likeness (QED) is 0.534. The number of nitrogens with zero attached hydrogens (tertiary/aromatic N) is 4. The zero-order valence-electron chi connectivity index (χ0n) is 19.1. The third-order valence-corrected chi connectivity index (χ3v) is 5.85. The summed E-state index contributed by atoms with van der Waals surface area (Å²) >= 11 is 0. The van der Waals surface area contributed by atoms with Crippen molar-refractivity contribution in [3.63, 3.8) is 0 Å². The zero-order chi connectivity index (χ0) is 24.5. The van der Waals surface area contributed by atoms with E-state index in [0.717, 1.165) is 11.8 Å². The third-order valence-electron chi connectivity index (χ3n) is 5.85. The molecule has 4 rings (SSSR count). The SMILES string of the molecule is COc1nc2c(C)nnc(N[C@H](C)c3cccc(C(F)(F)CO)c3F)c2cc1N1CCOCC1. The Balaban J connectivity index is 1.75. The molecule has 11 heteroatoms. The van der Waals surface area contributed by atoms with E-state index in [4.69, 9.17) is 14.6 Å². The first-order valence-corrected chi connectivity index (χ1v) is 10.9. The monoisotopic (exact) mass is 477 g/mol. The molecule has 1 aliphatic rings. The lowest BCUT2D eigenvalue weighted by atomic mass is 10.00. The van der Waals surface area contributed by atoms with Gasteiger partial charge in [-0.3, -0.25) is 0 Å². The number of hydrogen-bond donors (Lipinski definition) is 2. The van der Waals surface area contributed by atoms with Crippen molar-refractivity contribution in [3.8, 4) is 5.88 Å². The fraction of sp³-hybridized carbons (Fsp3) is 0.435. The number of fused-ring (bicyclic) bond motifs is 1. The van der Waals surface area contributed by atoms with Crippen LogP contribution in [0.4, 0.5) is 24.7 Å². The number of aliphatic hydroxyl groups is 1. The van der Waals surface area contributed by atoms with E-state index in [0.29, 0.717) is 54.6 Å². The Morgan fingerprint density at radius 2 is 2.00 bits per heavy atom. The molecule has 2 aromatic heterocycles. The molecule has 0 radical (unpaired) electrons. The van der Waals surface area contributed by atoms with Gasteiger partial charge in [-0.05, 0) is 26.0 Å². The average Bonchev–Trinajstić information content (AvgIpc) is 2.85. The highest BCUT2D eigenvalue weighted by Crippen LogP contribution is 2.36. The Morgan fingerprint density at radius 1 is 1.26 bits per heavy atom. The van der Waals surface area contributed by atoms with Crippen LogP contribution in [-0.4, -0.2) is 60.3 Å². The largest absolute Gasteiger partial charge is 0.480 e. The first kappa shape index (κ1) is 24.0. The number of benzene rings is 1. The fourth-order valence-corrected chi connectivity index (χ4v) is 3.99. The van der Waals surface area contributed by atoms with Crippen LogP contribution in [0.3, 0.4) is 0 Å². The number of methoxy groups -OCH3 is 1. The molecule has 34 heavy (non-hydrogen) atoms.